The summed E-state index contributed by atoms with van der Waals surface area (Å²) in [5.41, 5.74) is 2.72. The number of nitrogens with one attached hydrogen (secondary N) is 1. The predicted octanol–water partition coefficient (Wildman–Crippen LogP) is 2.80. The molecule has 0 amide bonds. The minimum Gasteiger partial charge on any atom is -0.384 e. The van der Waals surface area contributed by atoms with Crippen molar-refractivity contribution in [1.29, 1.82) is 0 Å². The molecule has 2 nitrogen and oxygen atoms in total. The Morgan fingerprint density at radius 1 is 1.24 bits per heavy atom. The predicted molar refractivity (Wildman–Crippen MR) is 73.4 cm³/mol. The molecule has 1 unspecified atom stereocenters. The Morgan fingerprint density at radius 3 is 2.53 bits per heavy atom. The molecule has 0 saturated carbocycles. The van der Waals surface area contributed by atoms with Crippen molar-refractivity contribution < 1.29 is 4.74 Å². The van der Waals surface area contributed by atoms with E-state index in [1.165, 1.54) is 17.5 Å². The highest BCUT2D eigenvalue weighted by Gasteiger charge is 2.08. The summed E-state index contributed by atoms with van der Waals surface area (Å²) in [6, 6.07) is 8.80. The van der Waals surface area contributed by atoms with Gasteiger partial charge in [0.25, 0.3) is 0 Å². The van der Waals surface area contributed by atoms with Gasteiger partial charge in [-0.15, -0.1) is 0 Å². The van der Waals surface area contributed by atoms with E-state index in [-0.39, 0.29) is 0 Å². The van der Waals surface area contributed by atoms with E-state index in [9.17, 15) is 0 Å². The van der Waals surface area contributed by atoms with Gasteiger partial charge in [-0.1, -0.05) is 36.8 Å². The maximum atomic E-state index is 5.29. The van der Waals surface area contributed by atoms with E-state index in [0.717, 1.165) is 26.1 Å². The highest BCUT2D eigenvalue weighted by Crippen LogP contribution is 2.10. The molecule has 0 heterocycles. The third-order valence-corrected chi connectivity index (χ3v) is 2.91. The first kappa shape index (κ1) is 14.2. The number of hydrogen-bond acceptors (Lipinski definition) is 2. The maximum Gasteiger partial charge on any atom is 0.0505 e. The fourth-order valence-electron chi connectivity index (χ4n) is 1.97. The normalized spacial score (nSPS) is 12.6. The minimum absolute atomic E-state index is 0.564. The molecule has 2 heteroatoms. The second-order valence-corrected chi connectivity index (χ2v) is 4.72. The Morgan fingerprint density at radius 2 is 1.94 bits per heavy atom. The molecule has 0 aliphatic rings. The van der Waals surface area contributed by atoms with Crippen LogP contribution in [0.2, 0.25) is 0 Å². The summed E-state index contributed by atoms with van der Waals surface area (Å²) in [7, 11) is 1.78. The zero-order chi connectivity index (χ0) is 12.5. The van der Waals surface area contributed by atoms with Crippen LogP contribution in [-0.4, -0.2) is 26.8 Å². The van der Waals surface area contributed by atoms with Gasteiger partial charge < -0.3 is 10.1 Å². The largest absolute Gasteiger partial charge is 0.384 e. The second kappa shape index (κ2) is 8.26. The van der Waals surface area contributed by atoms with Gasteiger partial charge in [0.15, 0.2) is 0 Å². The average molecular weight is 235 g/mol. The summed E-state index contributed by atoms with van der Waals surface area (Å²) in [5.74, 6) is 0.564. The van der Waals surface area contributed by atoms with Crippen LogP contribution >= 0.6 is 0 Å². The van der Waals surface area contributed by atoms with E-state index in [0.29, 0.717) is 5.92 Å². The van der Waals surface area contributed by atoms with Crippen LogP contribution in [0.5, 0.6) is 0 Å². The first-order valence-electron chi connectivity index (χ1n) is 6.51. The molecule has 0 bridgehead atoms. The Bertz CT molecular complexity index is 294. The van der Waals surface area contributed by atoms with Crippen LogP contribution in [0.15, 0.2) is 24.3 Å². The summed E-state index contributed by atoms with van der Waals surface area (Å²) in [6.07, 6.45) is 2.27. The Labute approximate surface area is 105 Å². The lowest BCUT2D eigenvalue weighted by Gasteiger charge is -2.16. The monoisotopic (exact) mass is 235 g/mol. The van der Waals surface area contributed by atoms with Crippen LogP contribution in [0, 0.1) is 12.8 Å². The fourth-order valence-corrected chi connectivity index (χ4v) is 1.97. The van der Waals surface area contributed by atoms with Crippen LogP contribution in [0.4, 0.5) is 0 Å². The third kappa shape index (κ3) is 5.85. The van der Waals surface area contributed by atoms with Gasteiger partial charge >= 0.3 is 0 Å². The lowest BCUT2D eigenvalue weighted by Crippen LogP contribution is -2.27. The Hall–Kier alpha value is -0.860. The topological polar surface area (TPSA) is 21.3 Å². The summed E-state index contributed by atoms with van der Waals surface area (Å²) in [6.45, 7) is 7.27. The smallest absolute Gasteiger partial charge is 0.0505 e. The molecular formula is C15H25NO. The Balaban J connectivity index is 2.44. The maximum absolute atomic E-state index is 5.29. The first-order chi connectivity index (χ1) is 8.26. The van der Waals surface area contributed by atoms with Crippen molar-refractivity contribution >= 4 is 0 Å². The van der Waals surface area contributed by atoms with Gasteiger partial charge in [0, 0.05) is 13.7 Å². The van der Waals surface area contributed by atoms with Crippen molar-refractivity contribution in [3.8, 4) is 0 Å². The van der Waals surface area contributed by atoms with E-state index in [1.54, 1.807) is 7.11 Å². The molecule has 1 aromatic rings. The molecule has 0 aliphatic carbocycles. The number of hydrogen-bond donors (Lipinski definition) is 1. The minimum atomic E-state index is 0.564. The highest BCUT2D eigenvalue weighted by molar-refractivity contribution is 5.21. The number of aryl methyl sites for hydroxylation is 1. The standard InChI is InChI=1S/C15H25NO/c1-4-9-16-11-15(12-17-3)10-14-7-5-13(2)6-8-14/h5-8,15-16H,4,9-12H2,1-3H3. The fraction of sp³-hybridized carbons (Fsp3) is 0.600. The van der Waals surface area contributed by atoms with Crippen molar-refractivity contribution in [3.63, 3.8) is 0 Å². The number of methoxy groups -OCH3 is 1. The van der Waals surface area contributed by atoms with Crippen molar-refractivity contribution in [1.82, 2.24) is 5.32 Å². The lowest BCUT2D eigenvalue weighted by atomic mass is 9.99. The molecule has 0 spiro atoms. The van der Waals surface area contributed by atoms with Crippen LogP contribution in [0.25, 0.3) is 0 Å². The van der Waals surface area contributed by atoms with Gasteiger partial charge in [0.1, 0.15) is 0 Å². The average Bonchev–Trinajstić information content (AvgIpc) is 2.32. The van der Waals surface area contributed by atoms with Gasteiger partial charge in [0.05, 0.1) is 6.61 Å². The summed E-state index contributed by atoms with van der Waals surface area (Å²) >= 11 is 0. The molecule has 1 aromatic carbocycles. The van der Waals surface area contributed by atoms with E-state index in [4.69, 9.17) is 4.74 Å². The highest BCUT2D eigenvalue weighted by atomic mass is 16.5. The van der Waals surface area contributed by atoms with E-state index < -0.39 is 0 Å². The summed E-state index contributed by atoms with van der Waals surface area (Å²) in [4.78, 5) is 0. The van der Waals surface area contributed by atoms with Gasteiger partial charge in [-0.25, -0.2) is 0 Å². The van der Waals surface area contributed by atoms with Crippen molar-refractivity contribution in [2.75, 3.05) is 26.8 Å². The van der Waals surface area contributed by atoms with E-state index >= 15 is 0 Å². The number of benzene rings is 1. The van der Waals surface area contributed by atoms with Crippen LogP contribution in [0.1, 0.15) is 24.5 Å². The zero-order valence-electron chi connectivity index (χ0n) is 11.3. The van der Waals surface area contributed by atoms with Gasteiger partial charge in [-0.05, 0) is 37.8 Å². The zero-order valence-corrected chi connectivity index (χ0v) is 11.3. The Kier molecular flexibility index (Phi) is 6.90. The first-order valence-corrected chi connectivity index (χ1v) is 6.51. The van der Waals surface area contributed by atoms with Gasteiger partial charge in [-0.3, -0.25) is 0 Å². The van der Waals surface area contributed by atoms with Crippen molar-refractivity contribution in [2.24, 2.45) is 5.92 Å². The number of rotatable bonds is 8. The molecule has 1 N–H and O–H groups in total. The molecule has 0 aliphatic heterocycles. The third-order valence-electron chi connectivity index (χ3n) is 2.91. The molecule has 0 radical (unpaired) electrons. The SMILES string of the molecule is CCCNCC(COC)Cc1ccc(C)cc1. The van der Waals surface area contributed by atoms with Crippen molar-refractivity contribution in [3.05, 3.63) is 35.4 Å². The van der Waals surface area contributed by atoms with Gasteiger partial charge in [0.2, 0.25) is 0 Å². The van der Waals surface area contributed by atoms with Crippen LogP contribution in [-0.2, 0) is 11.2 Å². The van der Waals surface area contributed by atoms with E-state index in [1.807, 2.05) is 0 Å². The molecule has 17 heavy (non-hydrogen) atoms. The summed E-state index contributed by atoms with van der Waals surface area (Å²) < 4.78 is 5.29. The van der Waals surface area contributed by atoms with Crippen molar-refractivity contribution in [2.45, 2.75) is 26.7 Å². The number of ether oxygens (including phenoxy) is 1. The molecule has 96 valence electrons. The summed E-state index contributed by atoms with van der Waals surface area (Å²) in [5, 5.41) is 3.47. The molecular weight excluding hydrogens is 210 g/mol. The van der Waals surface area contributed by atoms with Gasteiger partial charge in [-0.2, -0.15) is 0 Å². The second-order valence-electron chi connectivity index (χ2n) is 4.72. The molecule has 1 atom stereocenters. The lowest BCUT2D eigenvalue weighted by molar-refractivity contribution is 0.151. The molecule has 0 aromatic heterocycles. The van der Waals surface area contributed by atoms with Crippen LogP contribution < -0.4 is 5.32 Å². The molecule has 1 rings (SSSR count). The molecule has 0 saturated heterocycles. The van der Waals surface area contributed by atoms with Crippen LogP contribution in [0.3, 0.4) is 0 Å². The quantitative estimate of drug-likeness (QED) is 0.700. The van der Waals surface area contributed by atoms with E-state index in [2.05, 4.69) is 43.4 Å². The molecule has 0 fully saturated rings.